The van der Waals surface area contributed by atoms with Gasteiger partial charge in [0.1, 0.15) is 0 Å². The van der Waals surface area contributed by atoms with Crippen molar-refractivity contribution in [2.45, 2.75) is 57.1 Å². The van der Waals surface area contributed by atoms with Gasteiger partial charge in [0.25, 0.3) is 0 Å². The number of hydrogen-bond donors (Lipinski definition) is 2. The highest BCUT2D eigenvalue weighted by Gasteiger charge is 2.31. The van der Waals surface area contributed by atoms with Gasteiger partial charge in [-0.2, -0.15) is 5.10 Å². The summed E-state index contributed by atoms with van der Waals surface area (Å²) in [6, 6.07) is 2.57. The molecule has 0 bridgehead atoms. The van der Waals surface area contributed by atoms with E-state index in [2.05, 4.69) is 26.5 Å². The molecule has 3 aliphatic rings. The van der Waals surface area contributed by atoms with Crippen LogP contribution in [0.1, 0.15) is 43.4 Å². The molecule has 2 aliphatic carbocycles. The molecule has 4 rings (SSSR count). The summed E-state index contributed by atoms with van der Waals surface area (Å²) in [7, 11) is 0. The SMILES string of the molecule is OC1CCCC1NCC1CN(c2cc3c(nn2)CCCC3)C1. The van der Waals surface area contributed by atoms with Gasteiger partial charge < -0.3 is 15.3 Å². The molecule has 0 amide bonds. The second kappa shape index (κ2) is 6.13. The first-order valence-electron chi connectivity index (χ1n) is 8.81. The fourth-order valence-electron chi connectivity index (χ4n) is 4.02. The number of aromatic nitrogens is 2. The van der Waals surface area contributed by atoms with E-state index in [1.807, 2.05) is 0 Å². The molecule has 0 aromatic carbocycles. The lowest BCUT2D eigenvalue weighted by atomic mass is 9.95. The van der Waals surface area contributed by atoms with Crippen molar-refractivity contribution in [1.82, 2.24) is 15.5 Å². The summed E-state index contributed by atoms with van der Waals surface area (Å²) < 4.78 is 0. The third kappa shape index (κ3) is 2.84. The van der Waals surface area contributed by atoms with Crippen molar-refractivity contribution in [3.05, 3.63) is 17.3 Å². The normalized spacial score (nSPS) is 28.5. The molecule has 2 atom stereocenters. The van der Waals surface area contributed by atoms with Gasteiger partial charge in [0, 0.05) is 31.6 Å². The summed E-state index contributed by atoms with van der Waals surface area (Å²) in [5.74, 6) is 1.73. The second-order valence-corrected chi connectivity index (χ2v) is 7.17. The zero-order valence-electron chi connectivity index (χ0n) is 13.2. The minimum Gasteiger partial charge on any atom is -0.392 e. The molecule has 1 saturated heterocycles. The van der Waals surface area contributed by atoms with Crippen molar-refractivity contribution in [1.29, 1.82) is 0 Å². The highest BCUT2D eigenvalue weighted by atomic mass is 16.3. The van der Waals surface area contributed by atoms with E-state index in [0.717, 1.165) is 57.6 Å². The molecule has 120 valence electrons. The molecule has 0 radical (unpaired) electrons. The molecule has 2 heterocycles. The number of fused-ring (bicyclic) bond motifs is 1. The fraction of sp³-hybridized carbons (Fsp3) is 0.765. The van der Waals surface area contributed by atoms with Crippen LogP contribution in [-0.2, 0) is 12.8 Å². The average molecular weight is 302 g/mol. The fourth-order valence-corrected chi connectivity index (χ4v) is 4.02. The van der Waals surface area contributed by atoms with Crippen LogP contribution >= 0.6 is 0 Å². The number of anilines is 1. The summed E-state index contributed by atoms with van der Waals surface area (Å²) in [6.07, 6.45) is 7.89. The molecule has 5 nitrogen and oxygen atoms in total. The third-order valence-electron chi connectivity index (χ3n) is 5.49. The van der Waals surface area contributed by atoms with E-state index >= 15 is 0 Å². The Bertz CT molecular complexity index is 529. The number of nitrogens with one attached hydrogen (secondary N) is 1. The Balaban J connectivity index is 1.28. The van der Waals surface area contributed by atoms with Gasteiger partial charge in [-0.15, -0.1) is 5.10 Å². The quantitative estimate of drug-likeness (QED) is 0.878. The Morgan fingerprint density at radius 1 is 1.14 bits per heavy atom. The Hall–Kier alpha value is -1.20. The van der Waals surface area contributed by atoms with Crippen LogP contribution in [0.25, 0.3) is 0 Å². The Morgan fingerprint density at radius 3 is 2.82 bits per heavy atom. The van der Waals surface area contributed by atoms with Gasteiger partial charge in [-0.1, -0.05) is 0 Å². The van der Waals surface area contributed by atoms with Crippen molar-refractivity contribution in [3.8, 4) is 0 Å². The Labute approximate surface area is 132 Å². The zero-order valence-corrected chi connectivity index (χ0v) is 13.2. The smallest absolute Gasteiger partial charge is 0.151 e. The minimum absolute atomic E-state index is 0.136. The topological polar surface area (TPSA) is 61.3 Å². The number of aliphatic hydroxyl groups is 1. The van der Waals surface area contributed by atoms with E-state index in [1.54, 1.807) is 0 Å². The van der Waals surface area contributed by atoms with Gasteiger partial charge >= 0.3 is 0 Å². The molecule has 22 heavy (non-hydrogen) atoms. The Morgan fingerprint density at radius 2 is 2.00 bits per heavy atom. The maximum Gasteiger partial charge on any atom is 0.151 e. The van der Waals surface area contributed by atoms with Crippen LogP contribution in [0, 0.1) is 5.92 Å². The molecule has 1 aromatic heterocycles. The van der Waals surface area contributed by atoms with Crippen molar-refractivity contribution >= 4 is 5.82 Å². The maximum absolute atomic E-state index is 9.84. The van der Waals surface area contributed by atoms with E-state index in [0.29, 0.717) is 12.0 Å². The van der Waals surface area contributed by atoms with E-state index in [4.69, 9.17) is 0 Å². The van der Waals surface area contributed by atoms with Crippen LogP contribution in [0.2, 0.25) is 0 Å². The lowest BCUT2D eigenvalue weighted by molar-refractivity contribution is 0.145. The molecular weight excluding hydrogens is 276 g/mol. The highest BCUT2D eigenvalue weighted by Crippen LogP contribution is 2.27. The van der Waals surface area contributed by atoms with Gasteiger partial charge in [-0.3, -0.25) is 0 Å². The molecule has 2 unspecified atom stereocenters. The second-order valence-electron chi connectivity index (χ2n) is 7.17. The summed E-state index contributed by atoms with van der Waals surface area (Å²) in [4.78, 5) is 2.33. The number of hydrogen-bond acceptors (Lipinski definition) is 5. The first-order chi connectivity index (χ1) is 10.8. The van der Waals surface area contributed by atoms with Crippen LogP contribution in [0.4, 0.5) is 5.82 Å². The van der Waals surface area contributed by atoms with Gasteiger partial charge in [-0.25, -0.2) is 0 Å². The third-order valence-corrected chi connectivity index (χ3v) is 5.49. The first-order valence-corrected chi connectivity index (χ1v) is 8.81. The van der Waals surface area contributed by atoms with Crippen LogP contribution in [0.3, 0.4) is 0 Å². The Kier molecular flexibility index (Phi) is 4.01. The van der Waals surface area contributed by atoms with Crippen LogP contribution in [-0.4, -0.2) is 47.1 Å². The van der Waals surface area contributed by atoms with Crippen molar-refractivity contribution in [2.24, 2.45) is 5.92 Å². The minimum atomic E-state index is -0.136. The summed E-state index contributed by atoms with van der Waals surface area (Å²) in [5, 5.41) is 22.2. The van der Waals surface area contributed by atoms with E-state index in [1.165, 1.54) is 24.1 Å². The maximum atomic E-state index is 9.84. The number of aryl methyl sites for hydroxylation is 2. The van der Waals surface area contributed by atoms with Crippen molar-refractivity contribution in [3.63, 3.8) is 0 Å². The molecule has 1 aliphatic heterocycles. The highest BCUT2D eigenvalue weighted by molar-refractivity contribution is 5.44. The molecule has 0 spiro atoms. The number of nitrogens with zero attached hydrogens (tertiary/aromatic N) is 3. The van der Waals surface area contributed by atoms with Crippen LogP contribution in [0.5, 0.6) is 0 Å². The lowest BCUT2D eigenvalue weighted by Gasteiger charge is -2.41. The van der Waals surface area contributed by atoms with Crippen LogP contribution in [0.15, 0.2) is 6.07 Å². The van der Waals surface area contributed by atoms with E-state index < -0.39 is 0 Å². The number of aliphatic hydroxyl groups excluding tert-OH is 1. The van der Waals surface area contributed by atoms with Gasteiger partial charge in [0.05, 0.1) is 11.8 Å². The molecule has 2 fully saturated rings. The predicted molar refractivity (Wildman–Crippen MR) is 86.0 cm³/mol. The van der Waals surface area contributed by atoms with Crippen molar-refractivity contribution in [2.75, 3.05) is 24.5 Å². The number of rotatable bonds is 4. The van der Waals surface area contributed by atoms with Gasteiger partial charge in [0.2, 0.25) is 0 Å². The van der Waals surface area contributed by atoms with Crippen LogP contribution < -0.4 is 10.2 Å². The van der Waals surface area contributed by atoms with Crippen molar-refractivity contribution < 1.29 is 5.11 Å². The summed E-state index contributed by atoms with van der Waals surface area (Å²) in [6.45, 7) is 3.13. The average Bonchev–Trinajstić information content (AvgIpc) is 2.91. The van der Waals surface area contributed by atoms with Gasteiger partial charge in [-0.05, 0) is 56.6 Å². The molecule has 1 saturated carbocycles. The van der Waals surface area contributed by atoms with Gasteiger partial charge in [0.15, 0.2) is 5.82 Å². The standard InChI is InChI=1S/C17H26N4O/c22-16-7-3-6-15(16)18-9-12-10-21(11-12)17-8-13-4-1-2-5-14(13)19-20-17/h8,12,15-16,18,22H,1-7,9-11H2. The molecule has 5 heteroatoms. The largest absolute Gasteiger partial charge is 0.392 e. The van der Waals surface area contributed by atoms with E-state index in [9.17, 15) is 5.11 Å². The van der Waals surface area contributed by atoms with E-state index in [-0.39, 0.29) is 6.10 Å². The first kappa shape index (κ1) is 14.4. The monoisotopic (exact) mass is 302 g/mol. The summed E-state index contributed by atoms with van der Waals surface area (Å²) >= 11 is 0. The molecular formula is C17H26N4O. The molecule has 2 N–H and O–H groups in total. The lowest BCUT2D eigenvalue weighted by Crippen LogP contribution is -2.53. The zero-order chi connectivity index (χ0) is 14.9. The predicted octanol–water partition coefficient (Wildman–Crippen LogP) is 1.29. The molecule has 1 aromatic rings. The summed E-state index contributed by atoms with van der Waals surface area (Å²) in [5.41, 5.74) is 2.62.